The number of hydrogen-bond acceptors (Lipinski definition) is 5. The van der Waals surface area contributed by atoms with Crippen LogP contribution in [0.5, 0.6) is 0 Å². The fourth-order valence-electron chi connectivity index (χ4n) is 3.04. The summed E-state index contributed by atoms with van der Waals surface area (Å²) in [5.41, 5.74) is 3.70. The van der Waals surface area contributed by atoms with Gasteiger partial charge >= 0.3 is 0 Å². The maximum absolute atomic E-state index is 5.43. The van der Waals surface area contributed by atoms with Crippen LogP contribution in [0.4, 0.5) is 0 Å². The van der Waals surface area contributed by atoms with E-state index >= 15 is 0 Å². The molecule has 28 heavy (non-hydrogen) atoms. The highest BCUT2D eigenvalue weighted by molar-refractivity contribution is 14.0. The van der Waals surface area contributed by atoms with E-state index in [1.165, 1.54) is 16.0 Å². The summed E-state index contributed by atoms with van der Waals surface area (Å²) in [5.74, 6) is 0.791. The maximum atomic E-state index is 5.43. The van der Waals surface area contributed by atoms with E-state index in [1.807, 2.05) is 6.92 Å². The van der Waals surface area contributed by atoms with Gasteiger partial charge < -0.3 is 15.4 Å². The fraction of sp³-hybridized carbons (Fsp3) is 0.500. The molecule has 0 unspecified atom stereocenters. The molecule has 0 atom stereocenters. The van der Waals surface area contributed by atoms with E-state index in [9.17, 15) is 0 Å². The van der Waals surface area contributed by atoms with E-state index < -0.39 is 0 Å². The standard InChI is InChI=1S/C20H29N5OS.HI/c1-15-16(2)27-19(24-15)13-23-20(21-3)22-12-17-5-4-6-18(11-17)14-25-7-9-26-10-8-25;/h4-6,11H,7-10,12-14H2,1-3H3,(H2,21,22,23);1H. The normalized spacial score (nSPS) is 15.2. The van der Waals surface area contributed by atoms with Crippen LogP contribution < -0.4 is 10.6 Å². The molecule has 0 amide bonds. The van der Waals surface area contributed by atoms with E-state index in [1.54, 1.807) is 18.4 Å². The highest BCUT2D eigenvalue weighted by Crippen LogP contribution is 2.16. The van der Waals surface area contributed by atoms with Crippen molar-refractivity contribution in [2.45, 2.75) is 33.5 Å². The van der Waals surface area contributed by atoms with Gasteiger partial charge in [-0.2, -0.15) is 0 Å². The minimum atomic E-state index is 0. The van der Waals surface area contributed by atoms with Gasteiger partial charge in [0.15, 0.2) is 5.96 Å². The summed E-state index contributed by atoms with van der Waals surface area (Å²) in [7, 11) is 1.79. The third-order valence-electron chi connectivity index (χ3n) is 4.66. The van der Waals surface area contributed by atoms with Crippen molar-refractivity contribution in [2.75, 3.05) is 33.4 Å². The van der Waals surface area contributed by atoms with Gasteiger partial charge in [0.05, 0.1) is 25.5 Å². The van der Waals surface area contributed by atoms with Gasteiger partial charge in [0, 0.05) is 38.1 Å². The van der Waals surface area contributed by atoms with Gasteiger partial charge in [-0.1, -0.05) is 24.3 Å². The molecule has 1 aliphatic heterocycles. The molecule has 2 heterocycles. The molecule has 0 radical (unpaired) electrons. The van der Waals surface area contributed by atoms with Crippen LogP contribution >= 0.6 is 35.3 Å². The number of aromatic nitrogens is 1. The summed E-state index contributed by atoms with van der Waals surface area (Å²) < 4.78 is 5.43. The number of rotatable bonds is 6. The zero-order valence-corrected chi connectivity index (χ0v) is 20.0. The van der Waals surface area contributed by atoms with E-state index in [2.05, 4.69) is 56.7 Å². The molecule has 6 nitrogen and oxygen atoms in total. The Morgan fingerprint density at radius 3 is 2.57 bits per heavy atom. The first kappa shape index (κ1) is 23.1. The van der Waals surface area contributed by atoms with Crippen molar-refractivity contribution in [2.24, 2.45) is 4.99 Å². The number of guanidine groups is 1. The van der Waals surface area contributed by atoms with Crippen LogP contribution in [0.1, 0.15) is 26.7 Å². The summed E-state index contributed by atoms with van der Waals surface area (Å²) in [6, 6.07) is 8.74. The second-order valence-electron chi connectivity index (χ2n) is 6.74. The number of aryl methyl sites for hydroxylation is 2. The van der Waals surface area contributed by atoms with Crippen LogP contribution in [-0.4, -0.2) is 49.2 Å². The van der Waals surface area contributed by atoms with E-state index in [4.69, 9.17) is 4.74 Å². The number of thiazole rings is 1. The van der Waals surface area contributed by atoms with Crippen molar-refractivity contribution in [1.82, 2.24) is 20.5 Å². The Bertz CT molecular complexity index is 754. The smallest absolute Gasteiger partial charge is 0.191 e. The molecule has 0 aliphatic carbocycles. The van der Waals surface area contributed by atoms with Crippen LogP contribution in [0.3, 0.4) is 0 Å². The number of morpholine rings is 1. The average molecular weight is 515 g/mol. The summed E-state index contributed by atoms with van der Waals surface area (Å²) in [5, 5.41) is 7.82. The van der Waals surface area contributed by atoms with E-state index in [0.29, 0.717) is 6.54 Å². The van der Waals surface area contributed by atoms with Crippen molar-refractivity contribution < 1.29 is 4.74 Å². The molecule has 0 spiro atoms. The quantitative estimate of drug-likeness (QED) is 0.352. The number of hydrogen-bond donors (Lipinski definition) is 2. The second kappa shape index (κ2) is 11.7. The number of aliphatic imine (C=N–C) groups is 1. The lowest BCUT2D eigenvalue weighted by molar-refractivity contribution is 0.0342. The molecule has 1 aromatic heterocycles. The first-order valence-electron chi connectivity index (χ1n) is 9.39. The Labute approximate surface area is 188 Å². The third-order valence-corrected chi connectivity index (χ3v) is 5.74. The summed E-state index contributed by atoms with van der Waals surface area (Å²) >= 11 is 1.73. The topological polar surface area (TPSA) is 61.8 Å². The molecular formula is C20H30IN5OS. The number of nitrogens with zero attached hydrogens (tertiary/aromatic N) is 3. The number of ether oxygens (including phenoxy) is 1. The Balaban J connectivity index is 0.00000280. The van der Waals surface area contributed by atoms with Crippen molar-refractivity contribution in [3.8, 4) is 0 Å². The highest BCUT2D eigenvalue weighted by atomic mass is 127. The van der Waals surface area contributed by atoms with Gasteiger partial charge in [-0.15, -0.1) is 35.3 Å². The predicted molar refractivity (Wildman–Crippen MR) is 127 cm³/mol. The zero-order valence-electron chi connectivity index (χ0n) is 16.8. The first-order valence-corrected chi connectivity index (χ1v) is 10.2. The van der Waals surface area contributed by atoms with E-state index in [0.717, 1.165) is 56.1 Å². The summed E-state index contributed by atoms with van der Waals surface area (Å²) in [6.07, 6.45) is 0. The van der Waals surface area contributed by atoms with Gasteiger partial charge in [0.25, 0.3) is 0 Å². The number of nitrogens with one attached hydrogen (secondary N) is 2. The molecule has 0 saturated carbocycles. The Morgan fingerprint density at radius 1 is 1.18 bits per heavy atom. The van der Waals surface area contributed by atoms with Gasteiger partial charge in [-0.05, 0) is 25.0 Å². The maximum Gasteiger partial charge on any atom is 0.191 e. The lowest BCUT2D eigenvalue weighted by Crippen LogP contribution is -2.36. The minimum Gasteiger partial charge on any atom is -0.379 e. The largest absolute Gasteiger partial charge is 0.379 e. The van der Waals surface area contributed by atoms with Crippen molar-refractivity contribution in [3.05, 3.63) is 51.0 Å². The van der Waals surface area contributed by atoms with Gasteiger partial charge in [0.1, 0.15) is 5.01 Å². The summed E-state index contributed by atoms with van der Waals surface area (Å²) in [4.78, 5) is 12.6. The zero-order chi connectivity index (χ0) is 19.1. The predicted octanol–water partition coefficient (Wildman–Crippen LogP) is 3.08. The molecule has 8 heteroatoms. The Hall–Kier alpha value is -1.23. The molecule has 1 aliphatic rings. The highest BCUT2D eigenvalue weighted by Gasteiger charge is 2.11. The molecular weight excluding hydrogens is 485 g/mol. The van der Waals surface area contributed by atoms with Crippen molar-refractivity contribution in [1.29, 1.82) is 0 Å². The molecule has 3 rings (SSSR count). The average Bonchev–Trinajstić information content (AvgIpc) is 3.01. The number of halogens is 1. The fourth-order valence-corrected chi connectivity index (χ4v) is 3.91. The Kier molecular flexibility index (Phi) is 9.63. The number of benzene rings is 1. The molecule has 1 aromatic carbocycles. The van der Waals surface area contributed by atoms with E-state index in [-0.39, 0.29) is 24.0 Å². The third kappa shape index (κ3) is 6.98. The SMILES string of the molecule is CN=C(NCc1cccc(CN2CCOCC2)c1)NCc1nc(C)c(C)s1.I. The van der Waals surface area contributed by atoms with Crippen LogP contribution in [-0.2, 0) is 24.4 Å². The molecule has 2 aromatic rings. The lowest BCUT2D eigenvalue weighted by Gasteiger charge is -2.26. The van der Waals surface area contributed by atoms with Gasteiger partial charge in [-0.25, -0.2) is 4.98 Å². The van der Waals surface area contributed by atoms with Gasteiger partial charge in [0.2, 0.25) is 0 Å². The molecule has 154 valence electrons. The van der Waals surface area contributed by atoms with Crippen LogP contribution in [0.2, 0.25) is 0 Å². The minimum absolute atomic E-state index is 0. The molecule has 2 N–H and O–H groups in total. The molecule has 1 saturated heterocycles. The monoisotopic (exact) mass is 515 g/mol. The van der Waals surface area contributed by atoms with Crippen molar-refractivity contribution >= 4 is 41.3 Å². The summed E-state index contributed by atoms with van der Waals surface area (Å²) in [6.45, 7) is 10.3. The first-order chi connectivity index (χ1) is 13.1. The van der Waals surface area contributed by atoms with Crippen LogP contribution in [0.15, 0.2) is 29.3 Å². The van der Waals surface area contributed by atoms with Crippen LogP contribution in [0, 0.1) is 13.8 Å². The molecule has 0 bridgehead atoms. The second-order valence-corrected chi connectivity index (χ2v) is 8.02. The Morgan fingerprint density at radius 2 is 1.89 bits per heavy atom. The van der Waals surface area contributed by atoms with Crippen molar-refractivity contribution in [3.63, 3.8) is 0 Å². The van der Waals surface area contributed by atoms with Crippen LogP contribution in [0.25, 0.3) is 0 Å². The van der Waals surface area contributed by atoms with Gasteiger partial charge in [-0.3, -0.25) is 9.89 Å². The lowest BCUT2D eigenvalue weighted by atomic mass is 10.1. The molecule has 1 fully saturated rings.